The maximum Gasteiger partial charge on any atom is 0.0843 e. The topological polar surface area (TPSA) is 56.7 Å². The van der Waals surface area contributed by atoms with Gasteiger partial charge in [0.2, 0.25) is 0 Å². The zero-order valence-corrected chi connectivity index (χ0v) is 9.90. The molecular formula is C10H11BrN4. The normalized spacial score (nSPS) is 10.5. The van der Waals surface area contributed by atoms with Crippen LogP contribution in [0.15, 0.2) is 29.0 Å². The van der Waals surface area contributed by atoms with Gasteiger partial charge in [0, 0.05) is 16.9 Å². The van der Waals surface area contributed by atoms with E-state index in [9.17, 15) is 0 Å². The van der Waals surface area contributed by atoms with E-state index in [1.807, 2.05) is 25.3 Å². The predicted octanol–water partition coefficient (Wildman–Crippen LogP) is 1.98. The molecule has 0 aliphatic heterocycles. The first kappa shape index (κ1) is 10.2. The number of aryl methyl sites for hydroxylation is 1. The highest BCUT2D eigenvalue weighted by Gasteiger charge is 2.04. The van der Waals surface area contributed by atoms with Crippen molar-refractivity contribution in [3.63, 3.8) is 0 Å². The summed E-state index contributed by atoms with van der Waals surface area (Å²) in [6, 6.07) is 3.85. The van der Waals surface area contributed by atoms with E-state index in [1.165, 1.54) is 0 Å². The molecule has 2 rings (SSSR count). The Morgan fingerprint density at radius 2 is 2.33 bits per heavy atom. The summed E-state index contributed by atoms with van der Waals surface area (Å²) < 4.78 is 2.77. The Labute approximate surface area is 96.3 Å². The SMILES string of the molecule is Cc1nn(Cc2ncccc2Br)cc1N. The molecule has 0 unspecified atom stereocenters. The van der Waals surface area contributed by atoms with Crippen LogP contribution in [0.5, 0.6) is 0 Å². The summed E-state index contributed by atoms with van der Waals surface area (Å²) in [4.78, 5) is 4.26. The molecule has 15 heavy (non-hydrogen) atoms. The van der Waals surface area contributed by atoms with E-state index in [2.05, 4.69) is 26.0 Å². The van der Waals surface area contributed by atoms with Gasteiger partial charge in [-0.25, -0.2) is 0 Å². The van der Waals surface area contributed by atoms with Crippen LogP contribution in [-0.4, -0.2) is 14.8 Å². The van der Waals surface area contributed by atoms with Crippen molar-refractivity contribution in [2.45, 2.75) is 13.5 Å². The number of aromatic nitrogens is 3. The zero-order chi connectivity index (χ0) is 10.8. The molecular weight excluding hydrogens is 256 g/mol. The first-order valence-corrected chi connectivity index (χ1v) is 5.35. The van der Waals surface area contributed by atoms with E-state index >= 15 is 0 Å². The van der Waals surface area contributed by atoms with Gasteiger partial charge in [-0.1, -0.05) is 0 Å². The van der Waals surface area contributed by atoms with E-state index < -0.39 is 0 Å². The van der Waals surface area contributed by atoms with Crippen molar-refractivity contribution in [3.05, 3.63) is 40.4 Å². The molecule has 0 fully saturated rings. The molecule has 78 valence electrons. The quantitative estimate of drug-likeness (QED) is 0.905. The summed E-state index contributed by atoms with van der Waals surface area (Å²) in [7, 11) is 0. The molecule has 0 aliphatic carbocycles. The van der Waals surface area contributed by atoms with Crippen molar-refractivity contribution in [3.8, 4) is 0 Å². The molecule has 2 aromatic heterocycles. The van der Waals surface area contributed by atoms with Crippen LogP contribution < -0.4 is 5.73 Å². The number of hydrogen-bond acceptors (Lipinski definition) is 3. The van der Waals surface area contributed by atoms with Gasteiger partial charge in [-0.2, -0.15) is 5.10 Å². The second-order valence-corrected chi connectivity index (χ2v) is 4.15. The average molecular weight is 267 g/mol. The lowest BCUT2D eigenvalue weighted by Gasteiger charge is -2.02. The first-order valence-electron chi connectivity index (χ1n) is 4.56. The van der Waals surface area contributed by atoms with E-state index in [0.717, 1.165) is 15.9 Å². The van der Waals surface area contributed by atoms with Crippen molar-refractivity contribution in [1.29, 1.82) is 0 Å². The summed E-state index contributed by atoms with van der Waals surface area (Å²) in [5, 5.41) is 4.28. The summed E-state index contributed by atoms with van der Waals surface area (Å²) in [6.45, 7) is 2.51. The molecule has 0 spiro atoms. The lowest BCUT2D eigenvalue weighted by Crippen LogP contribution is -2.03. The zero-order valence-electron chi connectivity index (χ0n) is 8.31. The Bertz CT molecular complexity index is 459. The number of anilines is 1. The molecule has 2 heterocycles. The van der Waals surface area contributed by atoms with Gasteiger partial charge in [-0.05, 0) is 35.0 Å². The number of rotatable bonds is 2. The van der Waals surface area contributed by atoms with Crippen molar-refractivity contribution in [2.75, 3.05) is 5.73 Å². The second-order valence-electron chi connectivity index (χ2n) is 3.30. The smallest absolute Gasteiger partial charge is 0.0843 e. The van der Waals surface area contributed by atoms with Gasteiger partial charge in [0.15, 0.2) is 0 Å². The molecule has 0 aromatic carbocycles. The van der Waals surface area contributed by atoms with Gasteiger partial charge in [0.05, 0.1) is 23.6 Å². The highest BCUT2D eigenvalue weighted by molar-refractivity contribution is 9.10. The van der Waals surface area contributed by atoms with Gasteiger partial charge in [-0.15, -0.1) is 0 Å². The fourth-order valence-electron chi connectivity index (χ4n) is 1.30. The number of halogens is 1. The van der Waals surface area contributed by atoms with Crippen molar-refractivity contribution < 1.29 is 0 Å². The van der Waals surface area contributed by atoms with Gasteiger partial charge < -0.3 is 5.73 Å². The maximum atomic E-state index is 5.72. The fraction of sp³-hybridized carbons (Fsp3) is 0.200. The number of hydrogen-bond donors (Lipinski definition) is 1. The van der Waals surface area contributed by atoms with Gasteiger partial charge in [0.25, 0.3) is 0 Å². The molecule has 0 radical (unpaired) electrons. The third kappa shape index (κ3) is 2.18. The number of pyridine rings is 1. The molecule has 0 saturated heterocycles. The van der Waals surface area contributed by atoms with Crippen LogP contribution in [0.2, 0.25) is 0 Å². The largest absolute Gasteiger partial charge is 0.396 e. The molecule has 0 atom stereocenters. The third-order valence-corrected chi connectivity index (χ3v) is 2.85. The van der Waals surface area contributed by atoms with Gasteiger partial charge in [0.1, 0.15) is 0 Å². The number of nitrogen functional groups attached to an aromatic ring is 1. The van der Waals surface area contributed by atoms with E-state index in [4.69, 9.17) is 5.73 Å². The van der Waals surface area contributed by atoms with Gasteiger partial charge in [-0.3, -0.25) is 9.67 Å². The third-order valence-electron chi connectivity index (χ3n) is 2.13. The average Bonchev–Trinajstić information content (AvgIpc) is 2.50. The molecule has 4 nitrogen and oxygen atoms in total. The minimum atomic E-state index is 0.624. The highest BCUT2D eigenvalue weighted by Crippen LogP contribution is 2.15. The van der Waals surface area contributed by atoms with Crippen LogP contribution in [0.1, 0.15) is 11.4 Å². The first-order chi connectivity index (χ1) is 7.16. The summed E-state index contributed by atoms with van der Waals surface area (Å²) in [6.07, 6.45) is 3.58. The minimum Gasteiger partial charge on any atom is -0.396 e. The molecule has 2 aromatic rings. The van der Waals surface area contributed by atoms with Crippen LogP contribution in [0.4, 0.5) is 5.69 Å². The van der Waals surface area contributed by atoms with Crippen LogP contribution >= 0.6 is 15.9 Å². The molecule has 0 bridgehead atoms. The molecule has 0 saturated carbocycles. The summed E-state index contributed by atoms with van der Waals surface area (Å²) >= 11 is 3.44. The lowest BCUT2D eigenvalue weighted by atomic mass is 10.3. The highest BCUT2D eigenvalue weighted by atomic mass is 79.9. The fourth-order valence-corrected chi connectivity index (χ4v) is 1.68. The Kier molecular flexibility index (Phi) is 2.73. The number of nitrogens with zero attached hydrogens (tertiary/aromatic N) is 3. The molecule has 0 amide bonds. The van der Waals surface area contributed by atoms with Crippen LogP contribution in [0.25, 0.3) is 0 Å². The van der Waals surface area contributed by atoms with Crippen molar-refractivity contribution in [2.24, 2.45) is 0 Å². The van der Waals surface area contributed by atoms with Crippen molar-refractivity contribution >= 4 is 21.6 Å². The Hall–Kier alpha value is -1.36. The van der Waals surface area contributed by atoms with Gasteiger partial charge >= 0.3 is 0 Å². The van der Waals surface area contributed by atoms with E-state index in [1.54, 1.807) is 10.9 Å². The monoisotopic (exact) mass is 266 g/mol. The van der Waals surface area contributed by atoms with Crippen LogP contribution in [0, 0.1) is 6.92 Å². The second kappa shape index (κ2) is 4.02. The van der Waals surface area contributed by atoms with Crippen LogP contribution in [-0.2, 0) is 6.54 Å². The maximum absolute atomic E-state index is 5.72. The molecule has 0 aliphatic rings. The molecule has 5 heteroatoms. The standard InChI is InChI=1S/C10H11BrN4/c1-7-9(12)5-15(14-7)6-10-8(11)3-2-4-13-10/h2-5H,6,12H2,1H3. The van der Waals surface area contributed by atoms with E-state index in [0.29, 0.717) is 12.2 Å². The summed E-state index contributed by atoms with van der Waals surface area (Å²) in [5.41, 5.74) is 8.22. The Morgan fingerprint density at radius 1 is 1.53 bits per heavy atom. The van der Waals surface area contributed by atoms with Crippen LogP contribution in [0.3, 0.4) is 0 Å². The Balaban J connectivity index is 2.26. The predicted molar refractivity (Wildman–Crippen MR) is 62.4 cm³/mol. The minimum absolute atomic E-state index is 0.624. The van der Waals surface area contributed by atoms with E-state index in [-0.39, 0.29) is 0 Å². The Morgan fingerprint density at radius 3 is 2.93 bits per heavy atom. The lowest BCUT2D eigenvalue weighted by molar-refractivity contribution is 0.664. The van der Waals surface area contributed by atoms with Crippen molar-refractivity contribution in [1.82, 2.24) is 14.8 Å². The number of nitrogens with two attached hydrogens (primary N) is 1. The summed E-state index contributed by atoms with van der Waals surface area (Å²) in [5.74, 6) is 0. The molecule has 2 N–H and O–H groups in total.